The minimum absolute atomic E-state index is 0.0137. The summed E-state index contributed by atoms with van der Waals surface area (Å²) in [5, 5.41) is 17.2. The lowest BCUT2D eigenvalue weighted by molar-refractivity contribution is 0.0368. The van der Waals surface area contributed by atoms with Crippen molar-refractivity contribution < 1.29 is 9.84 Å². The standard InChI is InChI=1S/C18H28ClN3O2/c1-3-20-18(21-10-15(23)12-24-11-14-8-9-14)22-13(2)16-6-4-5-7-17(16)19/h4-7,13-15,23H,3,8-12H2,1-2H3,(H2,20,21,22). The first-order valence-electron chi connectivity index (χ1n) is 8.65. The second kappa shape index (κ2) is 9.87. The fourth-order valence-electron chi connectivity index (χ4n) is 2.33. The number of ether oxygens (including phenoxy) is 1. The first kappa shape index (κ1) is 19.0. The van der Waals surface area contributed by atoms with Crippen molar-refractivity contribution in [2.24, 2.45) is 10.9 Å². The summed E-state index contributed by atoms with van der Waals surface area (Å²) in [6.45, 7) is 6.17. The number of aliphatic hydroxyl groups is 1. The van der Waals surface area contributed by atoms with Crippen molar-refractivity contribution in [3.63, 3.8) is 0 Å². The quantitative estimate of drug-likeness (QED) is 0.472. The van der Waals surface area contributed by atoms with E-state index in [4.69, 9.17) is 16.3 Å². The van der Waals surface area contributed by atoms with Gasteiger partial charge in [-0.05, 0) is 44.2 Å². The second-order valence-electron chi connectivity index (χ2n) is 6.24. The Morgan fingerprint density at radius 2 is 2.17 bits per heavy atom. The van der Waals surface area contributed by atoms with Gasteiger partial charge in [0.25, 0.3) is 0 Å². The Labute approximate surface area is 149 Å². The van der Waals surface area contributed by atoms with Gasteiger partial charge in [0.15, 0.2) is 5.96 Å². The normalized spacial score (nSPS) is 17.4. The van der Waals surface area contributed by atoms with Gasteiger partial charge in [-0.3, -0.25) is 4.99 Å². The van der Waals surface area contributed by atoms with E-state index in [0.717, 1.165) is 23.7 Å². The minimum atomic E-state index is -0.588. The van der Waals surface area contributed by atoms with E-state index < -0.39 is 6.10 Å². The lowest BCUT2D eigenvalue weighted by atomic mass is 10.1. The number of hydrogen-bond acceptors (Lipinski definition) is 3. The van der Waals surface area contributed by atoms with Gasteiger partial charge in [-0.1, -0.05) is 29.8 Å². The van der Waals surface area contributed by atoms with E-state index >= 15 is 0 Å². The fourth-order valence-corrected chi connectivity index (χ4v) is 2.63. The Kier molecular flexibility index (Phi) is 7.82. The molecule has 1 saturated carbocycles. The summed E-state index contributed by atoms with van der Waals surface area (Å²) in [6, 6.07) is 7.75. The van der Waals surface area contributed by atoms with Gasteiger partial charge < -0.3 is 20.5 Å². The van der Waals surface area contributed by atoms with Crippen LogP contribution in [0, 0.1) is 5.92 Å². The molecule has 0 bridgehead atoms. The van der Waals surface area contributed by atoms with Gasteiger partial charge in [0.2, 0.25) is 0 Å². The maximum Gasteiger partial charge on any atom is 0.191 e. The molecule has 1 fully saturated rings. The van der Waals surface area contributed by atoms with Crippen LogP contribution in [0.3, 0.4) is 0 Å². The number of guanidine groups is 1. The van der Waals surface area contributed by atoms with Crippen molar-refractivity contribution in [1.29, 1.82) is 0 Å². The van der Waals surface area contributed by atoms with Crippen LogP contribution < -0.4 is 10.6 Å². The second-order valence-corrected chi connectivity index (χ2v) is 6.65. The van der Waals surface area contributed by atoms with Crippen LogP contribution in [-0.2, 0) is 4.74 Å². The van der Waals surface area contributed by atoms with Crippen molar-refractivity contribution in [2.75, 3.05) is 26.3 Å². The highest BCUT2D eigenvalue weighted by Gasteiger charge is 2.21. The number of aliphatic hydroxyl groups excluding tert-OH is 1. The van der Waals surface area contributed by atoms with Crippen LogP contribution in [0.5, 0.6) is 0 Å². The Hall–Kier alpha value is -1.30. The first-order chi connectivity index (χ1) is 11.6. The van der Waals surface area contributed by atoms with E-state index in [2.05, 4.69) is 15.6 Å². The highest BCUT2D eigenvalue weighted by Crippen LogP contribution is 2.28. The van der Waals surface area contributed by atoms with Crippen molar-refractivity contribution >= 4 is 17.6 Å². The SMILES string of the molecule is CCNC(=NCC(O)COCC1CC1)NC(C)c1ccccc1Cl. The zero-order chi connectivity index (χ0) is 17.4. The number of nitrogens with one attached hydrogen (secondary N) is 2. The summed E-state index contributed by atoms with van der Waals surface area (Å²) in [5.41, 5.74) is 1.01. The highest BCUT2D eigenvalue weighted by atomic mass is 35.5. The molecule has 2 rings (SSSR count). The van der Waals surface area contributed by atoms with Crippen molar-refractivity contribution in [2.45, 2.75) is 38.8 Å². The molecule has 0 saturated heterocycles. The smallest absolute Gasteiger partial charge is 0.191 e. The highest BCUT2D eigenvalue weighted by molar-refractivity contribution is 6.31. The van der Waals surface area contributed by atoms with Crippen molar-refractivity contribution in [1.82, 2.24) is 10.6 Å². The van der Waals surface area contributed by atoms with Crippen LogP contribution >= 0.6 is 11.6 Å². The number of halogens is 1. The molecular formula is C18H28ClN3O2. The van der Waals surface area contributed by atoms with E-state index in [1.807, 2.05) is 38.1 Å². The average molecular weight is 354 g/mol. The molecule has 0 aliphatic heterocycles. The molecule has 1 aromatic carbocycles. The van der Waals surface area contributed by atoms with Crippen molar-refractivity contribution in [3.05, 3.63) is 34.9 Å². The number of nitrogens with zero attached hydrogens (tertiary/aromatic N) is 1. The molecule has 0 radical (unpaired) electrons. The Balaban J connectivity index is 1.83. The molecule has 5 nitrogen and oxygen atoms in total. The molecular weight excluding hydrogens is 326 g/mol. The first-order valence-corrected chi connectivity index (χ1v) is 9.03. The van der Waals surface area contributed by atoms with E-state index in [9.17, 15) is 5.11 Å². The van der Waals surface area contributed by atoms with Gasteiger partial charge in [0.05, 0.1) is 25.3 Å². The van der Waals surface area contributed by atoms with Gasteiger partial charge in [-0.25, -0.2) is 0 Å². The zero-order valence-corrected chi connectivity index (χ0v) is 15.2. The molecule has 0 spiro atoms. The summed E-state index contributed by atoms with van der Waals surface area (Å²) in [4.78, 5) is 4.44. The van der Waals surface area contributed by atoms with Crippen LogP contribution in [-0.4, -0.2) is 43.5 Å². The molecule has 1 aromatic rings. The van der Waals surface area contributed by atoms with E-state index in [0.29, 0.717) is 25.0 Å². The summed E-state index contributed by atoms with van der Waals surface area (Å²) in [7, 11) is 0. The van der Waals surface area contributed by atoms with Crippen molar-refractivity contribution in [3.8, 4) is 0 Å². The molecule has 6 heteroatoms. The molecule has 3 N–H and O–H groups in total. The summed E-state index contributed by atoms with van der Waals surface area (Å²) >= 11 is 6.24. The lowest BCUT2D eigenvalue weighted by Gasteiger charge is -2.19. The van der Waals surface area contributed by atoms with Crippen LogP contribution in [0.4, 0.5) is 0 Å². The molecule has 1 aliphatic rings. The summed E-state index contributed by atoms with van der Waals surface area (Å²) in [6.07, 6.45) is 1.92. The van der Waals surface area contributed by atoms with E-state index in [1.54, 1.807) is 0 Å². The van der Waals surface area contributed by atoms with Gasteiger partial charge in [-0.2, -0.15) is 0 Å². The monoisotopic (exact) mass is 353 g/mol. The third kappa shape index (κ3) is 6.67. The summed E-state index contributed by atoms with van der Waals surface area (Å²) < 4.78 is 5.50. The zero-order valence-electron chi connectivity index (χ0n) is 14.5. The van der Waals surface area contributed by atoms with Gasteiger partial charge in [-0.15, -0.1) is 0 Å². The van der Waals surface area contributed by atoms with E-state index in [1.165, 1.54) is 12.8 Å². The minimum Gasteiger partial charge on any atom is -0.389 e. The maximum atomic E-state index is 9.99. The predicted octanol–water partition coefficient (Wildman–Crippen LogP) is 2.74. The third-order valence-electron chi connectivity index (χ3n) is 3.89. The van der Waals surface area contributed by atoms with Gasteiger partial charge in [0.1, 0.15) is 0 Å². The lowest BCUT2D eigenvalue weighted by Crippen LogP contribution is -2.39. The van der Waals surface area contributed by atoms with Crippen LogP contribution in [0.1, 0.15) is 38.3 Å². The van der Waals surface area contributed by atoms with Crippen LogP contribution in [0.2, 0.25) is 5.02 Å². The molecule has 1 aliphatic carbocycles. The van der Waals surface area contributed by atoms with Crippen LogP contribution in [0.25, 0.3) is 0 Å². The molecule has 24 heavy (non-hydrogen) atoms. The molecule has 134 valence electrons. The topological polar surface area (TPSA) is 65.9 Å². The maximum absolute atomic E-state index is 9.99. The fraction of sp³-hybridized carbons (Fsp3) is 0.611. The molecule has 2 atom stereocenters. The predicted molar refractivity (Wildman–Crippen MR) is 98.5 cm³/mol. The molecule has 0 heterocycles. The molecule has 2 unspecified atom stereocenters. The Bertz CT molecular complexity index is 535. The number of rotatable bonds is 9. The van der Waals surface area contributed by atoms with Crippen LogP contribution in [0.15, 0.2) is 29.3 Å². The Morgan fingerprint density at radius 1 is 1.42 bits per heavy atom. The number of hydrogen-bond donors (Lipinski definition) is 3. The number of benzene rings is 1. The molecule has 0 amide bonds. The largest absolute Gasteiger partial charge is 0.389 e. The Morgan fingerprint density at radius 3 is 2.83 bits per heavy atom. The number of aliphatic imine (C=N–C) groups is 1. The third-order valence-corrected chi connectivity index (χ3v) is 4.23. The van der Waals surface area contributed by atoms with Gasteiger partial charge in [0, 0.05) is 18.2 Å². The molecule has 0 aromatic heterocycles. The van der Waals surface area contributed by atoms with E-state index in [-0.39, 0.29) is 6.04 Å². The summed E-state index contributed by atoms with van der Waals surface area (Å²) in [5.74, 6) is 1.36. The van der Waals surface area contributed by atoms with Gasteiger partial charge >= 0.3 is 0 Å². The average Bonchev–Trinajstić information content (AvgIpc) is 3.37.